The van der Waals surface area contributed by atoms with Gasteiger partial charge in [0.05, 0.1) is 6.61 Å². The number of hydrogen-bond acceptors (Lipinski definition) is 3. The van der Waals surface area contributed by atoms with E-state index in [4.69, 9.17) is 4.74 Å². The molecule has 2 rings (SSSR count). The minimum absolute atomic E-state index is 0.301. The Morgan fingerprint density at radius 1 is 1.47 bits per heavy atom. The minimum Gasteiger partial charge on any atom is -0.383 e. The van der Waals surface area contributed by atoms with E-state index in [1.807, 2.05) is 4.57 Å². The zero-order chi connectivity index (χ0) is 12.3. The van der Waals surface area contributed by atoms with Gasteiger partial charge in [0.25, 0.3) is 0 Å². The molecular weight excluding hydrogens is 289 g/mol. The molecule has 90 valence electrons. The SMILES string of the molecule is COCCn1cnnc1-c1cc(F)ccc1Br. The van der Waals surface area contributed by atoms with Crippen molar-refractivity contribution in [3.05, 3.63) is 34.8 Å². The lowest BCUT2D eigenvalue weighted by molar-refractivity contribution is 0.187. The third-order valence-corrected chi connectivity index (χ3v) is 3.01. The van der Waals surface area contributed by atoms with Gasteiger partial charge in [0, 0.05) is 23.7 Å². The molecule has 0 spiro atoms. The zero-order valence-electron chi connectivity index (χ0n) is 9.23. The van der Waals surface area contributed by atoms with Crippen molar-refractivity contribution in [2.75, 3.05) is 13.7 Å². The van der Waals surface area contributed by atoms with Gasteiger partial charge >= 0.3 is 0 Å². The fraction of sp³-hybridized carbons (Fsp3) is 0.273. The van der Waals surface area contributed by atoms with Crippen molar-refractivity contribution < 1.29 is 9.13 Å². The Labute approximate surface area is 107 Å². The summed E-state index contributed by atoms with van der Waals surface area (Å²) in [6.45, 7) is 1.18. The predicted molar refractivity (Wildman–Crippen MR) is 65.0 cm³/mol. The molecule has 0 saturated carbocycles. The highest BCUT2D eigenvalue weighted by atomic mass is 79.9. The van der Waals surface area contributed by atoms with E-state index in [1.165, 1.54) is 12.1 Å². The normalized spacial score (nSPS) is 10.8. The molecule has 0 fully saturated rings. The Balaban J connectivity index is 2.38. The topological polar surface area (TPSA) is 39.9 Å². The number of methoxy groups -OCH3 is 1. The summed E-state index contributed by atoms with van der Waals surface area (Å²) in [5.41, 5.74) is 0.679. The third kappa shape index (κ3) is 2.70. The summed E-state index contributed by atoms with van der Waals surface area (Å²) in [6, 6.07) is 4.47. The van der Waals surface area contributed by atoms with Gasteiger partial charge in [-0.25, -0.2) is 4.39 Å². The Kier molecular flexibility index (Phi) is 3.86. The van der Waals surface area contributed by atoms with E-state index < -0.39 is 0 Å². The van der Waals surface area contributed by atoms with Crippen LogP contribution in [0.15, 0.2) is 29.0 Å². The average Bonchev–Trinajstić information content (AvgIpc) is 2.77. The summed E-state index contributed by atoms with van der Waals surface area (Å²) in [4.78, 5) is 0. The van der Waals surface area contributed by atoms with Gasteiger partial charge in [-0.2, -0.15) is 0 Å². The van der Waals surface area contributed by atoms with Gasteiger partial charge in [-0.1, -0.05) is 15.9 Å². The first-order chi connectivity index (χ1) is 8.22. The smallest absolute Gasteiger partial charge is 0.165 e. The van der Waals surface area contributed by atoms with Gasteiger partial charge in [0.15, 0.2) is 5.82 Å². The van der Waals surface area contributed by atoms with Crippen LogP contribution in [0.25, 0.3) is 11.4 Å². The van der Waals surface area contributed by atoms with Gasteiger partial charge in [0.2, 0.25) is 0 Å². The first-order valence-electron chi connectivity index (χ1n) is 5.04. The molecule has 2 aromatic rings. The second-order valence-electron chi connectivity index (χ2n) is 3.46. The predicted octanol–water partition coefficient (Wildman–Crippen LogP) is 2.49. The second kappa shape index (κ2) is 5.37. The van der Waals surface area contributed by atoms with Crippen molar-refractivity contribution >= 4 is 15.9 Å². The highest BCUT2D eigenvalue weighted by Crippen LogP contribution is 2.27. The molecule has 6 heteroatoms. The quantitative estimate of drug-likeness (QED) is 0.871. The van der Waals surface area contributed by atoms with Gasteiger partial charge < -0.3 is 9.30 Å². The molecule has 0 aliphatic heterocycles. The summed E-state index contributed by atoms with van der Waals surface area (Å²) < 4.78 is 20.8. The maximum atomic E-state index is 13.2. The zero-order valence-corrected chi connectivity index (χ0v) is 10.8. The maximum absolute atomic E-state index is 13.2. The molecule has 0 radical (unpaired) electrons. The Bertz CT molecular complexity index is 515. The summed E-state index contributed by atoms with van der Waals surface area (Å²) in [5.74, 6) is 0.318. The van der Waals surface area contributed by atoms with E-state index in [0.29, 0.717) is 24.5 Å². The first kappa shape index (κ1) is 12.2. The monoisotopic (exact) mass is 299 g/mol. The lowest BCUT2D eigenvalue weighted by Crippen LogP contribution is -2.05. The van der Waals surface area contributed by atoms with Crippen LogP contribution in [-0.4, -0.2) is 28.5 Å². The van der Waals surface area contributed by atoms with E-state index in [-0.39, 0.29) is 5.82 Å². The Morgan fingerprint density at radius 2 is 2.29 bits per heavy atom. The average molecular weight is 300 g/mol. The van der Waals surface area contributed by atoms with Crippen LogP contribution >= 0.6 is 15.9 Å². The van der Waals surface area contributed by atoms with Crippen LogP contribution in [-0.2, 0) is 11.3 Å². The van der Waals surface area contributed by atoms with Crippen LogP contribution in [0.3, 0.4) is 0 Å². The molecular formula is C11H11BrFN3O. The molecule has 0 bridgehead atoms. The summed E-state index contributed by atoms with van der Waals surface area (Å²) >= 11 is 3.38. The molecule has 0 aliphatic carbocycles. The van der Waals surface area contributed by atoms with Gasteiger partial charge in [-0.05, 0) is 18.2 Å². The van der Waals surface area contributed by atoms with E-state index in [2.05, 4.69) is 26.1 Å². The van der Waals surface area contributed by atoms with E-state index in [0.717, 1.165) is 4.47 Å². The maximum Gasteiger partial charge on any atom is 0.165 e. The second-order valence-corrected chi connectivity index (χ2v) is 4.32. The Hall–Kier alpha value is -1.27. The Morgan fingerprint density at radius 3 is 3.06 bits per heavy atom. The van der Waals surface area contributed by atoms with Crippen molar-refractivity contribution in [2.45, 2.75) is 6.54 Å². The largest absolute Gasteiger partial charge is 0.383 e. The molecule has 0 unspecified atom stereocenters. The van der Waals surface area contributed by atoms with E-state index in [1.54, 1.807) is 19.5 Å². The minimum atomic E-state index is -0.301. The van der Waals surface area contributed by atoms with Crippen LogP contribution in [0.5, 0.6) is 0 Å². The molecule has 1 aromatic carbocycles. The number of nitrogens with zero attached hydrogens (tertiary/aromatic N) is 3. The molecule has 17 heavy (non-hydrogen) atoms. The molecule has 1 aromatic heterocycles. The van der Waals surface area contributed by atoms with Crippen LogP contribution in [0, 0.1) is 5.82 Å². The van der Waals surface area contributed by atoms with Crippen molar-refractivity contribution in [2.24, 2.45) is 0 Å². The molecule has 0 atom stereocenters. The lowest BCUT2D eigenvalue weighted by Gasteiger charge is -2.07. The molecule has 1 heterocycles. The number of benzene rings is 1. The summed E-state index contributed by atoms with van der Waals surface area (Å²) in [7, 11) is 1.63. The van der Waals surface area contributed by atoms with Gasteiger partial charge in [0.1, 0.15) is 12.1 Å². The molecule has 0 saturated heterocycles. The van der Waals surface area contributed by atoms with Crippen LogP contribution in [0.4, 0.5) is 4.39 Å². The molecule has 0 aliphatic rings. The molecule has 0 N–H and O–H groups in total. The lowest BCUT2D eigenvalue weighted by atomic mass is 10.2. The van der Waals surface area contributed by atoms with Crippen LogP contribution in [0.1, 0.15) is 0 Å². The van der Waals surface area contributed by atoms with Crippen molar-refractivity contribution in [1.29, 1.82) is 0 Å². The number of aromatic nitrogens is 3. The highest BCUT2D eigenvalue weighted by Gasteiger charge is 2.11. The molecule has 4 nitrogen and oxygen atoms in total. The number of rotatable bonds is 4. The van der Waals surface area contributed by atoms with Crippen molar-refractivity contribution in [3.8, 4) is 11.4 Å². The first-order valence-corrected chi connectivity index (χ1v) is 5.84. The van der Waals surface area contributed by atoms with E-state index in [9.17, 15) is 4.39 Å². The highest BCUT2D eigenvalue weighted by molar-refractivity contribution is 9.10. The number of hydrogen-bond donors (Lipinski definition) is 0. The fourth-order valence-electron chi connectivity index (χ4n) is 1.49. The standard InChI is InChI=1S/C11H11BrFN3O/c1-17-5-4-16-7-14-15-11(16)9-6-8(13)2-3-10(9)12/h2-3,6-7H,4-5H2,1H3. The number of ether oxygens (including phenoxy) is 1. The molecule has 0 amide bonds. The van der Waals surface area contributed by atoms with E-state index >= 15 is 0 Å². The van der Waals surface area contributed by atoms with Crippen LogP contribution < -0.4 is 0 Å². The van der Waals surface area contributed by atoms with Gasteiger partial charge in [-0.3, -0.25) is 0 Å². The number of halogens is 2. The fourth-order valence-corrected chi connectivity index (χ4v) is 1.91. The van der Waals surface area contributed by atoms with Crippen molar-refractivity contribution in [1.82, 2.24) is 14.8 Å². The van der Waals surface area contributed by atoms with Crippen LogP contribution in [0.2, 0.25) is 0 Å². The van der Waals surface area contributed by atoms with Gasteiger partial charge in [-0.15, -0.1) is 10.2 Å². The third-order valence-electron chi connectivity index (χ3n) is 2.32. The summed E-state index contributed by atoms with van der Waals surface area (Å²) in [6.07, 6.45) is 1.60. The summed E-state index contributed by atoms with van der Waals surface area (Å²) in [5, 5.41) is 7.84. The van der Waals surface area contributed by atoms with Crippen molar-refractivity contribution in [3.63, 3.8) is 0 Å².